The summed E-state index contributed by atoms with van der Waals surface area (Å²) in [6, 6.07) is 8.63. The maximum Gasteiger partial charge on any atom is 0.336 e. The number of dihydropyridines is 1. The lowest BCUT2D eigenvalue weighted by Crippen LogP contribution is -2.34. The molecule has 26 heavy (non-hydrogen) atoms. The van der Waals surface area contributed by atoms with E-state index >= 15 is 0 Å². The van der Waals surface area contributed by atoms with Crippen molar-refractivity contribution in [1.29, 1.82) is 0 Å². The van der Waals surface area contributed by atoms with Crippen LogP contribution in [0.25, 0.3) is 0 Å². The van der Waals surface area contributed by atoms with Crippen molar-refractivity contribution in [3.05, 3.63) is 51.7 Å². The molecule has 0 aromatic heterocycles. The van der Waals surface area contributed by atoms with E-state index < -0.39 is 18.9 Å². The van der Waals surface area contributed by atoms with Crippen LogP contribution in [0.15, 0.2) is 51.0 Å². The average molecular weight is 392 g/mol. The fourth-order valence-electron chi connectivity index (χ4n) is 3.24. The van der Waals surface area contributed by atoms with Crippen molar-refractivity contribution < 1.29 is 13.7 Å². The van der Waals surface area contributed by atoms with E-state index in [-0.39, 0.29) is 11.9 Å². The molecule has 2 atom stereocenters. The number of carbonyl (C=O) groups is 1. The van der Waals surface area contributed by atoms with Gasteiger partial charge in [-0.1, -0.05) is 44.3 Å². The fraction of sp³-hybridized carbons (Fsp3) is 0.450. The zero-order chi connectivity index (χ0) is 19.6. The number of hydrogen-bond acceptors (Lipinski definition) is 4. The van der Waals surface area contributed by atoms with Gasteiger partial charge in [0, 0.05) is 27.1 Å². The van der Waals surface area contributed by atoms with Gasteiger partial charge >= 0.3 is 5.97 Å². The van der Waals surface area contributed by atoms with E-state index in [4.69, 9.17) is 4.74 Å². The van der Waals surface area contributed by atoms with Crippen molar-refractivity contribution >= 4 is 24.8 Å². The highest BCUT2D eigenvalue weighted by molar-refractivity contribution is 7.89. The molecule has 0 fully saturated rings. The van der Waals surface area contributed by atoms with Crippen LogP contribution < -0.4 is 5.32 Å². The lowest BCUT2D eigenvalue weighted by Gasteiger charge is -2.32. The number of rotatable bonds is 5. The van der Waals surface area contributed by atoms with Gasteiger partial charge in [-0.2, -0.15) is 0 Å². The molecule has 0 bridgehead atoms. The number of aryl methyl sites for hydroxylation is 1. The van der Waals surface area contributed by atoms with Gasteiger partial charge in [-0.25, -0.2) is 9.00 Å². The molecule has 4 nitrogen and oxygen atoms in total. The average Bonchev–Trinajstić information content (AvgIpc) is 2.53. The smallest absolute Gasteiger partial charge is 0.336 e. The molecule has 1 heterocycles. The van der Waals surface area contributed by atoms with E-state index in [1.165, 1.54) is 7.11 Å². The van der Waals surface area contributed by atoms with Gasteiger partial charge in [-0.3, -0.25) is 0 Å². The third-order valence-electron chi connectivity index (χ3n) is 4.41. The van der Waals surface area contributed by atoms with Crippen molar-refractivity contribution in [3.63, 3.8) is 0 Å². The molecule has 1 aliphatic heterocycles. The van der Waals surface area contributed by atoms with E-state index in [9.17, 15) is 9.00 Å². The lowest BCUT2D eigenvalue weighted by atomic mass is 9.94. The minimum atomic E-state index is -1.45. The normalized spacial score (nSPS) is 19.3. The molecule has 0 unspecified atom stereocenters. The van der Waals surface area contributed by atoms with Crippen LogP contribution in [-0.4, -0.2) is 25.4 Å². The first kappa shape index (κ1) is 20.6. The molecule has 1 N–H and O–H groups in total. The molecule has 1 aromatic rings. The third kappa shape index (κ3) is 4.54. The van der Waals surface area contributed by atoms with Crippen molar-refractivity contribution in [2.24, 2.45) is 5.92 Å². The topological polar surface area (TPSA) is 55.4 Å². The summed E-state index contributed by atoms with van der Waals surface area (Å²) in [6.07, 6.45) is 0. The monoisotopic (exact) mass is 391 g/mol. The molecule has 0 radical (unpaired) electrons. The van der Waals surface area contributed by atoms with Crippen molar-refractivity contribution in [3.8, 4) is 0 Å². The van der Waals surface area contributed by atoms with E-state index in [0.29, 0.717) is 5.57 Å². The summed E-state index contributed by atoms with van der Waals surface area (Å²) in [6.45, 7) is 12.7. The van der Waals surface area contributed by atoms with Crippen LogP contribution in [0.2, 0.25) is 25.7 Å². The Morgan fingerprint density at radius 3 is 2.27 bits per heavy atom. The fourth-order valence-corrected chi connectivity index (χ4v) is 6.13. The zero-order valence-corrected chi connectivity index (χ0v) is 18.5. The number of esters is 1. The number of hydrogen-bond donors (Lipinski definition) is 1. The highest BCUT2D eigenvalue weighted by Gasteiger charge is 2.35. The second-order valence-corrected chi connectivity index (χ2v) is 15.0. The maximum atomic E-state index is 13.4. The molecule has 1 aliphatic rings. The van der Waals surface area contributed by atoms with Crippen LogP contribution >= 0.6 is 0 Å². The minimum Gasteiger partial charge on any atom is -0.466 e. The number of nitrogens with one attached hydrogen (secondary N) is 1. The molecule has 0 amide bonds. The van der Waals surface area contributed by atoms with E-state index in [1.54, 1.807) is 0 Å². The summed E-state index contributed by atoms with van der Waals surface area (Å²) < 4.78 is 18.4. The molecule has 2 rings (SSSR count). The van der Waals surface area contributed by atoms with Crippen LogP contribution in [0.3, 0.4) is 0 Å². The maximum absolute atomic E-state index is 13.4. The quantitative estimate of drug-likeness (QED) is 0.599. The molecule has 0 saturated carbocycles. The molecule has 0 spiro atoms. The number of benzene rings is 1. The Morgan fingerprint density at radius 1 is 1.19 bits per heavy atom. The summed E-state index contributed by atoms with van der Waals surface area (Å²) in [5.41, 5.74) is 3.48. The van der Waals surface area contributed by atoms with Crippen LogP contribution in [0.1, 0.15) is 19.4 Å². The minimum absolute atomic E-state index is 0.253. The highest BCUT2D eigenvalue weighted by atomic mass is 32.2. The van der Waals surface area contributed by atoms with E-state index in [0.717, 1.165) is 32.8 Å². The Bertz CT molecular complexity index is 788. The Morgan fingerprint density at radius 2 is 1.77 bits per heavy atom. The molecule has 142 valence electrons. The standard InChI is InChI=1S/C20H29NO3SSi/c1-13-8-10-16(11-9-13)25(23)19-14(2)18(20(22)24-4)15(3)21-17(19)12-26(5,6)7/h8-11,14,21H,12H2,1-7H3/t14-,25+/m1/s1. The largest absolute Gasteiger partial charge is 0.466 e. The SMILES string of the molecule is COC(=O)C1=C(C)NC(C[Si](C)(C)C)=C([S@@](=O)c2ccc(C)cc2)[C@@H]1C. The molecule has 6 heteroatoms. The van der Waals surface area contributed by atoms with Gasteiger partial charge in [0.25, 0.3) is 0 Å². The third-order valence-corrected chi connectivity index (χ3v) is 7.53. The van der Waals surface area contributed by atoms with E-state index in [1.807, 2.05) is 45.0 Å². The van der Waals surface area contributed by atoms with Gasteiger partial charge in [-0.15, -0.1) is 0 Å². The van der Waals surface area contributed by atoms with Gasteiger partial charge < -0.3 is 10.1 Å². The van der Waals surface area contributed by atoms with Crippen LogP contribution in [0.5, 0.6) is 0 Å². The Hall–Kier alpha value is -1.66. The highest BCUT2D eigenvalue weighted by Crippen LogP contribution is 2.37. The van der Waals surface area contributed by atoms with Crippen molar-refractivity contribution in [1.82, 2.24) is 5.32 Å². The summed E-state index contributed by atoms with van der Waals surface area (Å²) in [7, 11) is -1.40. The summed E-state index contributed by atoms with van der Waals surface area (Å²) >= 11 is 0. The van der Waals surface area contributed by atoms with Gasteiger partial charge in [0.15, 0.2) is 0 Å². The van der Waals surface area contributed by atoms with Gasteiger partial charge in [0.1, 0.15) is 0 Å². The first-order chi connectivity index (χ1) is 12.0. The van der Waals surface area contributed by atoms with Crippen molar-refractivity contribution in [2.75, 3.05) is 7.11 Å². The molecular weight excluding hydrogens is 362 g/mol. The van der Waals surface area contributed by atoms with Gasteiger partial charge in [0.05, 0.1) is 31.6 Å². The number of carbonyl (C=O) groups excluding carboxylic acids is 1. The second kappa shape index (κ2) is 7.92. The predicted molar refractivity (Wildman–Crippen MR) is 110 cm³/mol. The molecule has 0 saturated heterocycles. The van der Waals surface area contributed by atoms with Crippen LogP contribution in [0.4, 0.5) is 0 Å². The summed E-state index contributed by atoms with van der Waals surface area (Å²) in [5.74, 6) is -0.620. The van der Waals surface area contributed by atoms with Crippen LogP contribution in [-0.2, 0) is 20.3 Å². The van der Waals surface area contributed by atoms with E-state index in [2.05, 4.69) is 25.0 Å². The number of methoxy groups -OCH3 is 1. The first-order valence-corrected chi connectivity index (χ1v) is 13.7. The Balaban J connectivity index is 2.55. The van der Waals surface area contributed by atoms with Crippen molar-refractivity contribution in [2.45, 2.75) is 51.4 Å². The first-order valence-electron chi connectivity index (χ1n) is 8.82. The number of allylic oxidation sites excluding steroid dienone is 3. The summed E-state index contributed by atoms with van der Waals surface area (Å²) in [5, 5.41) is 3.38. The Labute approximate surface area is 160 Å². The van der Waals surface area contributed by atoms with Gasteiger partial charge in [0.2, 0.25) is 0 Å². The number of ether oxygens (including phenoxy) is 1. The molecule has 1 aromatic carbocycles. The molecular formula is C20H29NO3SSi. The Kier molecular flexibility index (Phi) is 6.29. The zero-order valence-electron chi connectivity index (χ0n) is 16.7. The second-order valence-electron chi connectivity index (χ2n) is 8.04. The van der Waals surface area contributed by atoms with Crippen LogP contribution in [0, 0.1) is 12.8 Å². The summed E-state index contributed by atoms with van der Waals surface area (Å²) in [4.78, 5) is 13.8. The molecule has 0 aliphatic carbocycles. The van der Waals surface area contributed by atoms with Gasteiger partial charge in [-0.05, 0) is 32.0 Å². The lowest BCUT2D eigenvalue weighted by molar-refractivity contribution is -0.136. The predicted octanol–water partition coefficient (Wildman–Crippen LogP) is 4.34.